The van der Waals surface area contributed by atoms with Crippen molar-refractivity contribution in [1.29, 1.82) is 0 Å². The Morgan fingerprint density at radius 1 is 0.778 bits per heavy atom. The fraction of sp³-hybridized carbons (Fsp3) is 0.310. The van der Waals surface area contributed by atoms with E-state index < -0.39 is 46.2 Å². The largest absolute Gasteiger partial charge is 0.347 e. The summed E-state index contributed by atoms with van der Waals surface area (Å²) < 4.78 is 58.3. The summed E-state index contributed by atoms with van der Waals surface area (Å²) in [5.74, 6) is -0.518. The Bertz CT molecular complexity index is 2250. The number of imidazole rings is 1. The standard InChI is InChI=1S/C42H41N5O6S/c1-41(2)52-37-35(25-50-54(48,49)46-42(31-16-6-3-7-17-31,32-18-8-4-9-19-32)33-20-10-5-11-21-33)51-40(38(37)53-41)47-27-45-36-34(43-26-44-39(36)47)24-28-22-29-14-12-13-15-30(29)23-28/h3-21,26-28,35,37-38,40,46H,22-25H2,1-2H3/t35-,37-,38-,40-/m1/s1. The van der Waals surface area contributed by atoms with Gasteiger partial charge in [0.2, 0.25) is 0 Å². The molecular formula is C42H41N5O6S. The van der Waals surface area contributed by atoms with Crippen LogP contribution in [0.1, 0.15) is 53.6 Å². The highest BCUT2D eigenvalue weighted by atomic mass is 32.2. The van der Waals surface area contributed by atoms with E-state index in [0.29, 0.717) is 17.1 Å². The summed E-state index contributed by atoms with van der Waals surface area (Å²) >= 11 is 0. The number of ether oxygens (including phenoxy) is 3. The molecule has 11 nitrogen and oxygen atoms in total. The molecule has 4 aromatic carbocycles. The highest BCUT2D eigenvalue weighted by Crippen LogP contribution is 2.44. The summed E-state index contributed by atoms with van der Waals surface area (Å²) in [7, 11) is -4.44. The van der Waals surface area contributed by atoms with Crippen LogP contribution >= 0.6 is 0 Å². The fourth-order valence-corrected chi connectivity index (χ4v) is 9.54. The van der Waals surface area contributed by atoms with Gasteiger partial charge in [-0.15, -0.1) is 0 Å². The van der Waals surface area contributed by atoms with E-state index in [1.165, 1.54) is 11.1 Å². The zero-order chi connectivity index (χ0) is 36.9. The number of fused-ring (bicyclic) bond motifs is 3. The monoisotopic (exact) mass is 743 g/mol. The smallest absolute Gasteiger partial charge is 0.337 e. The maximum absolute atomic E-state index is 14.2. The van der Waals surface area contributed by atoms with Gasteiger partial charge in [-0.05, 0) is 66.8 Å². The molecule has 54 heavy (non-hydrogen) atoms. The summed E-state index contributed by atoms with van der Waals surface area (Å²) in [5, 5.41) is 0. The zero-order valence-electron chi connectivity index (χ0n) is 30.0. The van der Waals surface area contributed by atoms with Crippen molar-refractivity contribution in [3.8, 4) is 0 Å². The number of aromatic nitrogens is 4. The van der Waals surface area contributed by atoms with Crippen molar-refractivity contribution in [1.82, 2.24) is 24.2 Å². The first-order valence-corrected chi connectivity index (χ1v) is 19.7. The van der Waals surface area contributed by atoms with Gasteiger partial charge in [0.05, 0.1) is 18.6 Å². The zero-order valence-corrected chi connectivity index (χ0v) is 30.8. The Labute approximate surface area is 314 Å². The Kier molecular flexibility index (Phi) is 8.92. The quantitative estimate of drug-likeness (QED) is 0.158. The molecule has 6 aromatic rings. The third kappa shape index (κ3) is 6.42. The molecule has 0 saturated carbocycles. The van der Waals surface area contributed by atoms with Crippen molar-refractivity contribution in [3.63, 3.8) is 0 Å². The molecule has 2 fully saturated rings. The summed E-state index contributed by atoms with van der Waals surface area (Å²) in [6, 6.07) is 37.0. The van der Waals surface area contributed by atoms with Gasteiger partial charge in [0.15, 0.2) is 17.7 Å². The van der Waals surface area contributed by atoms with E-state index >= 15 is 0 Å². The minimum absolute atomic E-state index is 0.323. The first-order chi connectivity index (χ1) is 26.2. The number of rotatable bonds is 11. The Balaban J connectivity index is 0.987. The van der Waals surface area contributed by atoms with Crippen LogP contribution in [-0.2, 0) is 53.5 Å². The van der Waals surface area contributed by atoms with Gasteiger partial charge in [0.25, 0.3) is 0 Å². The first-order valence-electron chi connectivity index (χ1n) is 18.3. The summed E-state index contributed by atoms with van der Waals surface area (Å²) in [6.07, 6.45) is 3.32. The lowest BCUT2D eigenvalue weighted by atomic mass is 9.78. The van der Waals surface area contributed by atoms with Crippen LogP contribution in [-0.4, -0.2) is 58.6 Å². The van der Waals surface area contributed by atoms with Crippen molar-refractivity contribution >= 4 is 21.5 Å². The molecular weight excluding hydrogens is 703 g/mol. The maximum atomic E-state index is 14.2. The fourth-order valence-electron chi connectivity index (χ4n) is 8.44. The molecule has 12 heteroatoms. The summed E-state index contributed by atoms with van der Waals surface area (Å²) in [5.41, 5.74) is 5.87. The van der Waals surface area contributed by atoms with Crippen LogP contribution in [0, 0.1) is 5.92 Å². The molecule has 2 aliphatic heterocycles. The minimum Gasteiger partial charge on any atom is -0.347 e. The van der Waals surface area contributed by atoms with Gasteiger partial charge in [-0.2, -0.15) is 13.1 Å². The molecule has 0 radical (unpaired) electrons. The van der Waals surface area contributed by atoms with E-state index in [4.69, 9.17) is 23.4 Å². The van der Waals surface area contributed by atoms with Crippen LogP contribution < -0.4 is 4.72 Å². The van der Waals surface area contributed by atoms with Crippen LogP contribution in [0.3, 0.4) is 0 Å². The average Bonchev–Trinajstić information content (AvgIpc) is 3.95. The number of hydrogen-bond donors (Lipinski definition) is 1. The molecule has 4 heterocycles. The van der Waals surface area contributed by atoms with Crippen LogP contribution in [0.4, 0.5) is 0 Å². The van der Waals surface area contributed by atoms with Gasteiger partial charge in [0, 0.05) is 0 Å². The topological polar surface area (TPSA) is 127 Å². The van der Waals surface area contributed by atoms with Crippen molar-refractivity contribution in [2.24, 2.45) is 5.92 Å². The summed E-state index contributed by atoms with van der Waals surface area (Å²) in [4.78, 5) is 14.0. The van der Waals surface area contributed by atoms with Gasteiger partial charge in [-0.3, -0.25) is 8.75 Å². The Morgan fingerprint density at radius 2 is 1.33 bits per heavy atom. The maximum Gasteiger partial charge on any atom is 0.337 e. The van der Waals surface area contributed by atoms with Gasteiger partial charge >= 0.3 is 10.3 Å². The highest BCUT2D eigenvalue weighted by Gasteiger charge is 2.56. The molecule has 0 spiro atoms. The molecule has 3 aliphatic rings. The third-order valence-corrected chi connectivity index (χ3v) is 11.7. The lowest BCUT2D eigenvalue weighted by Gasteiger charge is -2.36. The second-order valence-electron chi connectivity index (χ2n) is 14.7. The number of nitrogens with one attached hydrogen (secondary N) is 1. The van der Waals surface area contributed by atoms with Crippen LogP contribution in [0.15, 0.2) is 128 Å². The average molecular weight is 744 g/mol. The van der Waals surface area contributed by atoms with E-state index in [2.05, 4.69) is 39.0 Å². The van der Waals surface area contributed by atoms with Gasteiger partial charge in [-0.25, -0.2) is 15.0 Å². The molecule has 4 atom stereocenters. The van der Waals surface area contributed by atoms with Gasteiger partial charge in [0.1, 0.15) is 35.7 Å². The molecule has 0 unspecified atom stereocenters. The molecule has 9 rings (SSSR count). The Morgan fingerprint density at radius 3 is 1.93 bits per heavy atom. The van der Waals surface area contributed by atoms with E-state index in [1.807, 2.05) is 109 Å². The van der Waals surface area contributed by atoms with Crippen molar-refractivity contribution in [3.05, 3.63) is 161 Å². The number of nitrogens with zero attached hydrogens (tertiary/aromatic N) is 4. The van der Waals surface area contributed by atoms with Crippen LogP contribution in [0.5, 0.6) is 0 Å². The first kappa shape index (κ1) is 34.9. The second-order valence-corrected chi connectivity index (χ2v) is 16.1. The molecule has 2 saturated heterocycles. The van der Waals surface area contributed by atoms with E-state index in [9.17, 15) is 8.42 Å². The molecule has 0 bridgehead atoms. The predicted molar refractivity (Wildman–Crippen MR) is 201 cm³/mol. The third-order valence-electron chi connectivity index (χ3n) is 10.7. The predicted octanol–water partition coefficient (Wildman–Crippen LogP) is 6.04. The highest BCUT2D eigenvalue weighted by molar-refractivity contribution is 7.84. The van der Waals surface area contributed by atoms with Crippen molar-refractivity contribution in [2.75, 3.05) is 6.61 Å². The van der Waals surface area contributed by atoms with Gasteiger partial charge < -0.3 is 14.2 Å². The minimum atomic E-state index is -4.44. The van der Waals surface area contributed by atoms with E-state index in [1.54, 1.807) is 12.7 Å². The lowest BCUT2D eigenvalue weighted by Crippen LogP contribution is -2.49. The molecule has 1 N–H and O–H groups in total. The van der Waals surface area contributed by atoms with Crippen LogP contribution in [0.25, 0.3) is 11.2 Å². The Hall–Kier alpha value is -4.82. The van der Waals surface area contributed by atoms with E-state index in [-0.39, 0.29) is 6.61 Å². The summed E-state index contributed by atoms with van der Waals surface area (Å²) in [6.45, 7) is 3.34. The van der Waals surface area contributed by atoms with Gasteiger partial charge in [-0.1, -0.05) is 115 Å². The van der Waals surface area contributed by atoms with E-state index in [0.717, 1.165) is 41.6 Å². The molecule has 1 aliphatic carbocycles. The SMILES string of the molecule is CC1(C)O[C@@H]2[C@H](O1)[C@@H](COS(=O)(=O)NC(c1ccccc1)(c1ccccc1)c1ccccc1)O[C@H]2n1cnc2c(CC3Cc4ccccc4C3)ncnc21. The molecule has 2 aromatic heterocycles. The number of benzene rings is 4. The molecule has 276 valence electrons. The van der Waals surface area contributed by atoms with Crippen LogP contribution in [0.2, 0.25) is 0 Å². The van der Waals surface area contributed by atoms with Crippen molar-refractivity contribution < 1.29 is 26.8 Å². The molecule has 0 amide bonds. The van der Waals surface area contributed by atoms with Crippen molar-refractivity contribution in [2.45, 2.75) is 69.0 Å². The lowest BCUT2D eigenvalue weighted by molar-refractivity contribution is -0.198. The second kappa shape index (κ2) is 13.8. The normalized spacial score (nSPS) is 22.4. The number of hydrogen-bond acceptors (Lipinski definition) is 9.